The van der Waals surface area contributed by atoms with E-state index in [0.29, 0.717) is 18.0 Å². The van der Waals surface area contributed by atoms with E-state index in [-0.39, 0.29) is 18.3 Å². The summed E-state index contributed by atoms with van der Waals surface area (Å²) in [5.41, 5.74) is 2.00. The molecule has 122 valence electrons. The van der Waals surface area contributed by atoms with Crippen molar-refractivity contribution >= 4 is 5.91 Å². The third-order valence-electron chi connectivity index (χ3n) is 3.29. The molecule has 1 aromatic carbocycles. The van der Waals surface area contributed by atoms with Crippen LogP contribution in [0.15, 0.2) is 36.5 Å². The van der Waals surface area contributed by atoms with Crippen molar-refractivity contribution in [1.82, 2.24) is 10.3 Å². The minimum atomic E-state index is -0.322. The van der Waals surface area contributed by atoms with Crippen LogP contribution in [0.4, 0.5) is 4.39 Å². The Morgan fingerprint density at radius 3 is 2.78 bits per heavy atom. The van der Waals surface area contributed by atoms with Crippen LogP contribution in [0.3, 0.4) is 0 Å². The number of aromatic nitrogens is 1. The van der Waals surface area contributed by atoms with E-state index in [1.807, 2.05) is 6.92 Å². The fraction of sp³-hybridized carbons (Fsp3) is 0.333. The number of hydrogen-bond acceptors (Lipinski definition) is 3. The highest BCUT2D eigenvalue weighted by molar-refractivity contribution is 5.92. The predicted octanol–water partition coefficient (Wildman–Crippen LogP) is 3.64. The van der Waals surface area contributed by atoms with Gasteiger partial charge < -0.3 is 10.1 Å². The monoisotopic (exact) mass is 316 g/mol. The van der Waals surface area contributed by atoms with Crippen LogP contribution < -0.4 is 10.1 Å². The molecule has 0 atom stereocenters. The second-order valence-corrected chi connectivity index (χ2v) is 5.41. The lowest BCUT2D eigenvalue weighted by atomic mass is 10.2. The van der Waals surface area contributed by atoms with E-state index < -0.39 is 0 Å². The molecule has 1 N–H and O–H groups in total. The van der Waals surface area contributed by atoms with Gasteiger partial charge in [0.05, 0.1) is 0 Å². The van der Waals surface area contributed by atoms with E-state index in [0.717, 1.165) is 24.0 Å². The average Bonchev–Trinajstić information content (AvgIpc) is 2.53. The van der Waals surface area contributed by atoms with Crippen LogP contribution in [-0.2, 0) is 6.61 Å². The molecule has 1 heterocycles. The van der Waals surface area contributed by atoms with Crippen molar-refractivity contribution in [1.29, 1.82) is 0 Å². The Hall–Kier alpha value is -2.43. The molecule has 0 saturated carbocycles. The number of amides is 1. The van der Waals surface area contributed by atoms with Crippen LogP contribution >= 0.6 is 0 Å². The van der Waals surface area contributed by atoms with E-state index in [9.17, 15) is 9.18 Å². The second kappa shape index (κ2) is 8.27. The number of carbonyl (C=O) groups is 1. The number of aryl methyl sites for hydroxylation is 1. The molecule has 4 nitrogen and oxygen atoms in total. The standard InChI is InChI=1S/C18H21FN2O2/c1-3-4-7-20-18(22)17-6-5-14(11-21-17)12-23-16-9-13(2)8-15(19)10-16/h5-6,8-11H,3-4,7,12H2,1-2H3,(H,20,22). The minimum Gasteiger partial charge on any atom is -0.489 e. The van der Waals surface area contributed by atoms with E-state index in [2.05, 4.69) is 17.2 Å². The molecular weight excluding hydrogens is 295 g/mol. The van der Waals surface area contributed by atoms with Gasteiger partial charge in [-0.3, -0.25) is 9.78 Å². The van der Waals surface area contributed by atoms with Crippen molar-refractivity contribution in [3.05, 3.63) is 59.2 Å². The molecule has 1 amide bonds. The van der Waals surface area contributed by atoms with E-state index in [4.69, 9.17) is 4.74 Å². The van der Waals surface area contributed by atoms with Gasteiger partial charge in [0.25, 0.3) is 5.91 Å². The van der Waals surface area contributed by atoms with Gasteiger partial charge in [-0.1, -0.05) is 19.4 Å². The van der Waals surface area contributed by atoms with E-state index in [1.165, 1.54) is 12.1 Å². The first-order valence-electron chi connectivity index (χ1n) is 7.71. The maximum atomic E-state index is 13.3. The average molecular weight is 316 g/mol. The first kappa shape index (κ1) is 16.9. The van der Waals surface area contributed by atoms with Gasteiger partial charge in [0.2, 0.25) is 0 Å². The number of hydrogen-bond donors (Lipinski definition) is 1. The van der Waals surface area contributed by atoms with Crippen LogP contribution in [0.1, 0.15) is 41.4 Å². The number of rotatable bonds is 7. The lowest BCUT2D eigenvalue weighted by Crippen LogP contribution is -2.25. The van der Waals surface area contributed by atoms with Gasteiger partial charge in [-0.05, 0) is 37.1 Å². The van der Waals surface area contributed by atoms with Gasteiger partial charge in [-0.2, -0.15) is 0 Å². The van der Waals surface area contributed by atoms with Crippen molar-refractivity contribution in [2.45, 2.75) is 33.3 Å². The van der Waals surface area contributed by atoms with Crippen molar-refractivity contribution in [3.63, 3.8) is 0 Å². The van der Waals surface area contributed by atoms with Gasteiger partial charge in [-0.15, -0.1) is 0 Å². The molecule has 0 saturated heterocycles. The molecule has 2 aromatic rings. The number of pyridine rings is 1. The molecule has 0 aliphatic rings. The SMILES string of the molecule is CCCCNC(=O)c1ccc(COc2cc(C)cc(F)c2)cn1. The topological polar surface area (TPSA) is 51.2 Å². The summed E-state index contributed by atoms with van der Waals surface area (Å²) < 4.78 is 18.8. The fourth-order valence-corrected chi connectivity index (χ4v) is 2.07. The van der Waals surface area contributed by atoms with Gasteiger partial charge in [-0.25, -0.2) is 4.39 Å². The number of carbonyl (C=O) groups excluding carboxylic acids is 1. The summed E-state index contributed by atoms with van der Waals surface area (Å²) in [6, 6.07) is 8.01. The van der Waals surface area contributed by atoms with Gasteiger partial charge in [0, 0.05) is 24.4 Å². The highest BCUT2D eigenvalue weighted by Crippen LogP contribution is 2.17. The summed E-state index contributed by atoms with van der Waals surface area (Å²) in [5.74, 6) is -0.0206. The molecule has 0 aliphatic heterocycles. The fourth-order valence-electron chi connectivity index (χ4n) is 2.07. The molecule has 0 bridgehead atoms. The maximum absolute atomic E-state index is 13.3. The molecule has 1 aromatic heterocycles. The summed E-state index contributed by atoms with van der Waals surface area (Å²) >= 11 is 0. The largest absolute Gasteiger partial charge is 0.489 e. The van der Waals surface area contributed by atoms with Crippen molar-refractivity contribution in [2.24, 2.45) is 0 Å². The zero-order valence-corrected chi connectivity index (χ0v) is 13.4. The Morgan fingerprint density at radius 2 is 2.13 bits per heavy atom. The van der Waals surface area contributed by atoms with E-state index >= 15 is 0 Å². The molecule has 0 aliphatic carbocycles. The highest BCUT2D eigenvalue weighted by atomic mass is 19.1. The highest BCUT2D eigenvalue weighted by Gasteiger charge is 2.06. The predicted molar refractivity (Wildman–Crippen MR) is 86.9 cm³/mol. The molecule has 23 heavy (non-hydrogen) atoms. The number of benzene rings is 1. The van der Waals surface area contributed by atoms with E-state index in [1.54, 1.807) is 24.4 Å². The molecule has 0 radical (unpaired) electrons. The lowest BCUT2D eigenvalue weighted by Gasteiger charge is -2.08. The summed E-state index contributed by atoms with van der Waals surface area (Å²) in [6.45, 7) is 4.80. The molecule has 0 spiro atoms. The Kier molecular flexibility index (Phi) is 6.09. The normalized spacial score (nSPS) is 10.4. The van der Waals surface area contributed by atoms with Crippen LogP contribution in [0, 0.1) is 12.7 Å². The zero-order valence-electron chi connectivity index (χ0n) is 13.4. The molecule has 2 rings (SSSR count). The zero-order chi connectivity index (χ0) is 16.7. The number of unbranched alkanes of at least 4 members (excludes halogenated alkanes) is 1. The third-order valence-corrected chi connectivity index (χ3v) is 3.29. The summed E-state index contributed by atoms with van der Waals surface area (Å²) in [7, 11) is 0. The Morgan fingerprint density at radius 1 is 1.30 bits per heavy atom. The maximum Gasteiger partial charge on any atom is 0.269 e. The summed E-state index contributed by atoms with van der Waals surface area (Å²) in [5, 5.41) is 2.82. The smallest absolute Gasteiger partial charge is 0.269 e. The number of halogens is 1. The molecule has 0 unspecified atom stereocenters. The van der Waals surface area contributed by atoms with Crippen molar-refractivity contribution in [2.75, 3.05) is 6.54 Å². The van der Waals surface area contributed by atoms with Crippen LogP contribution in [0.5, 0.6) is 5.75 Å². The molecule has 5 heteroatoms. The van der Waals surface area contributed by atoms with Crippen LogP contribution in [0.25, 0.3) is 0 Å². The molecular formula is C18H21FN2O2. The minimum absolute atomic E-state index is 0.174. The van der Waals surface area contributed by atoms with Gasteiger partial charge in [0.1, 0.15) is 23.9 Å². The Balaban J connectivity index is 1.90. The first-order chi connectivity index (χ1) is 11.1. The van der Waals surface area contributed by atoms with Crippen LogP contribution in [-0.4, -0.2) is 17.4 Å². The second-order valence-electron chi connectivity index (χ2n) is 5.41. The van der Waals surface area contributed by atoms with Crippen molar-refractivity contribution in [3.8, 4) is 5.75 Å². The summed E-state index contributed by atoms with van der Waals surface area (Å²) in [4.78, 5) is 16.0. The van der Waals surface area contributed by atoms with Gasteiger partial charge in [0.15, 0.2) is 0 Å². The first-order valence-corrected chi connectivity index (χ1v) is 7.71. The number of ether oxygens (including phenoxy) is 1. The lowest BCUT2D eigenvalue weighted by molar-refractivity contribution is 0.0948. The van der Waals surface area contributed by atoms with Gasteiger partial charge >= 0.3 is 0 Å². The number of nitrogens with one attached hydrogen (secondary N) is 1. The van der Waals surface area contributed by atoms with Crippen molar-refractivity contribution < 1.29 is 13.9 Å². The Labute approximate surface area is 135 Å². The third kappa shape index (κ3) is 5.36. The molecule has 0 fully saturated rings. The Bertz CT molecular complexity index is 636. The summed E-state index contributed by atoms with van der Waals surface area (Å²) in [6.07, 6.45) is 3.58. The number of nitrogens with zero attached hydrogens (tertiary/aromatic N) is 1. The van der Waals surface area contributed by atoms with Crippen LogP contribution in [0.2, 0.25) is 0 Å². The quantitative estimate of drug-likeness (QED) is 0.794.